The number of carbonyl (C=O) groups is 2. The number of para-hydroxylation sites is 1. The van der Waals surface area contributed by atoms with Crippen LogP contribution in [-0.2, 0) is 21.5 Å². The number of fused-ring (bicyclic) bond motifs is 1. The van der Waals surface area contributed by atoms with Crippen LogP contribution in [0.3, 0.4) is 0 Å². The van der Waals surface area contributed by atoms with E-state index in [-0.39, 0.29) is 39.1 Å². The zero-order valence-corrected chi connectivity index (χ0v) is 30.5. The van der Waals surface area contributed by atoms with E-state index in [9.17, 15) is 37.4 Å². The van der Waals surface area contributed by atoms with Crippen molar-refractivity contribution < 1.29 is 42.1 Å². The van der Waals surface area contributed by atoms with Gasteiger partial charge in [0.2, 0.25) is 11.8 Å². The zero-order valence-electron chi connectivity index (χ0n) is 30.5. The first-order valence-corrected chi connectivity index (χ1v) is 18.1. The van der Waals surface area contributed by atoms with Crippen molar-refractivity contribution in [1.29, 1.82) is 0 Å². The van der Waals surface area contributed by atoms with Gasteiger partial charge >= 0.3 is 6.18 Å². The highest BCUT2D eigenvalue weighted by Crippen LogP contribution is 2.33. The van der Waals surface area contributed by atoms with Gasteiger partial charge in [-0.15, -0.1) is 0 Å². The molecule has 0 saturated carbocycles. The Morgan fingerprint density at radius 3 is 2.53 bits per heavy atom. The van der Waals surface area contributed by atoms with Gasteiger partial charge in [0.25, 0.3) is 0 Å². The molecule has 0 radical (unpaired) electrons. The van der Waals surface area contributed by atoms with E-state index in [1.54, 1.807) is 41.4 Å². The average molecular weight is 768 g/mol. The van der Waals surface area contributed by atoms with Crippen LogP contribution >= 0.6 is 0 Å². The summed E-state index contributed by atoms with van der Waals surface area (Å²) >= 11 is 0. The summed E-state index contributed by atoms with van der Waals surface area (Å²) in [6.45, 7) is 2.70. The molecule has 6 rings (SSSR count). The summed E-state index contributed by atoms with van der Waals surface area (Å²) in [5.74, 6) is -2.00. The third-order valence-electron chi connectivity index (χ3n) is 10.3. The van der Waals surface area contributed by atoms with Gasteiger partial charge in [-0.3, -0.25) is 24.4 Å². The summed E-state index contributed by atoms with van der Waals surface area (Å²) in [6.07, 6.45) is -2.38. The molecule has 4 heterocycles. The molecule has 12 nitrogen and oxygen atoms in total. The molecule has 2 aliphatic heterocycles. The van der Waals surface area contributed by atoms with Gasteiger partial charge in [-0.2, -0.15) is 18.3 Å². The van der Waals surface area contributed by atoms with Crippen LogP contribution in [0.1, 0.15) is 43.1 Å². The molecular weight excluding hydrogens is 722 g/mol. The van der Waals surface area contributed by atoms with Crippen LogP contribution in [0.2, 0.25) is 0 Å². The van der Waals surface area contributed by atoms with E-state index in [0.717, 1.165) is 11.8 Å². The quantitative estimate of drug-likeness (QED) is 0.150. The number of hydrogen-bond acceptors (Lipinski definition) is 9. The van der Waals surface area contributed by atoms with Crippen LogP contribution in [0.15, 0.2) is 85.3 Å². The molecule has 2 amide bonds. The Morgan fingerprint density at radius 2 is 1.78 bits per heavy atom. The minimum atomic E-state index is -4.64. The van der Waals surface area contributed by atoms with Crippen LogP contribution in [0.5, 0.6) is 5.75 Å². The van der Waals surface area contributed by atoms with E-state index >= 15 is 0 Å². The molecule has 294 valence electrons. The molecule has 16 heteroatoms. The predicted octanol–water partition coefficient (Wildman–Crippen LogP) is 3.53. The monoisotopic (exact) mass is 767 g/mol. The Labute approximate surface area is 316 Å². The zero-order chi connectivity index (χ0) is 39.3. The van der Waals surface area contributed by atoms with Gasteiger partial charge in [0.1, 0.15) is 36.9 Å². The summed E-state index contributed by atoms with van der Waals surface area (Å²) in [7, 11) is 0. The minimum Gasteiger partial charge on any atom is -0.490 e. The van der Waals surface area contributed by atoms with Crippen molar-refractivity contribution in [3.63, 3.8) is 0 Å². The van der Waals surface area contributed by atoms with Crippen LogP contribution < -0.4 is 15.4 Å². The molecule has 0 unspecified atom stereocenters. The normalized spacial score (nSPS) is 20.5. The van der Waals surface area contributed by atoms with E-state index in [4.69, 9.17) is 4.74 Å². The number of rotatable bonds is 13. The van der Waals surface area contributed by atoms with Crippen molar-refractivity contribution in [3.05, 3.63) is 108 Å². The van der Waals surface area contributed by atoms with Gasteiger partial charge < -0.3 is 25.6 Å². The summed E-state index contributed by atoms with van der Waals surface area (Å²) in [5, 5.41) is 31.9. The van der Waals surface area contributed by atoms with Crippen molar-refractivity contribution in [1.82, 2.24) is 35.2 Å². The number of aliphatic hydroxyl groups excluding tert-OH is 2. The molecule has 1 fully saturated rings. The Hall–Kier alpha value is -4.90. The van der Waals surface area contributed by atoms with Gasteiger partial charge in [0.05, 0.1) is 41.5 Å². The fraction of sp³-hybridized carbons (Fsp3) is 0.436. The number of aliphatic hydroxyl groups is 2. The van der Waals surface area contributed by atoms with Gasteiger partial charge in [-0.25, -0.2) is 9.07 Å². The molecule has 0 bridgehead atoms. The minimum absolute atomic E-state index is 0.00672. The highest BCUT2D eigenvalue weighted by molar-refractivity contribution is 5.82. The number of pyridine rings is 1. The van der Waals surface area contributed by atoms with Crippen molar-refractivity contribution in [3.8, 4) is 11.4 Å². The number of aromatic nitrogens is 3. The number of amides is 2. The lowest BCUT2D eigenvalue weighted by Crippen LogP contribution is -2.63. The second kappa shape index (κ2) is 16.9. The standard InChI is InChI=1S/C39H45F4N7O5/c1-38(2,34-12-13-50(47-34)28-18-27(40)19-44-20-28)49-15-14-48(31(22-49)37(54)45-24-39(41,42)43)21-29(51)17-26(16-25-8-4-3-5-9-25)36(53)46-35-30-10-6-7-11-33(30)55-23-32(35)52/h3-13,18-20,26,29,31-32,35,51-52H,14-17,21-24H2,1-2H3,(H,45,54)(H,46,53)/t26-,29+,31+,32-,35+/m1/s1. The molecule has 4 aromatic rings. The molecule has 2 aromatic heterocycles. The molecule has 2 aliphatic rings. The molecule has 55 heavy (non-hydrogen) atoms. The first-order chi connectivity index (χ1) is 26.2. The Kier molecular flexibility index (Phi) is 12.2. The summed E-state index contributed by atoms with van der Waals surface area (Å²) in [6, 6.07) is 17.6. The smallest absolute Gasteiger partial charge is 0.405 e. The summed E-state index contributed by atoms with van der Waals surface area (Å²) < 4.78 is 60.7. The number of halogens is 4. The number of nitrogens with one attached hydrogen (secondary N) is 2. The number of piperazine rings is 1. The van der Waals surface area contributed by atoms with E-state index in [0.29, 0.717) is 29.2 Å². The molecule has 5 atom stereocenters. The van der Waals surface area contributed by atoms with Crippen LogP contribution in [0.4, 0.5) is 17.6 Å². The average Bonchev–Trinajstić information content (AvgIpc) is 3.67. The van der Waals surface area contributed by atoms with E-state index in [1.165, 1.54) is 16.9 Å². The molecule has 0 spiro atoms. The van der Waals surface area contributed by atoms with Crippen molar-refractivity contribution in [2.75, 3.05) is 39.3 Å². The first kappa shape index (κ1) is 39.8. The third-order valence-corrected chi connectivity index (χ3v) is 10.3. The maximum Gasteiger partial charge on any atom is 0.405 e. The van der Waals surface area contributed by atoms with Crippen molar-refractivity contribution >= 4 is 11.8 Å². The topological polar surface area (TPSA) is 145 Å². The van der Waals surface area contributed by atoms with Crippen LogP contribution in [-0.4, -0.2) is 110 Å². The van der Waals surface area contributed by atoms with Gasteiger partial charge in [0.15, 0.2) is 0 Å². The molecule has 0 aliphatic carbocycles. The number of benzene rings is 2. The molecule has 1 saturated heterocycles. The Morgan fingerprint density at radius 1 is 1.04 bits per heavy atom. The molecule has 4 N–H and O–H groups in total. The fourth-order valence-corrected chi connectivity index (χ4v) is 7.23. The lowest BCUT2D eigenvalue weighted by molar-refractivity contribution is -0.144. The van der Waals surface area contributed by atoms with E-state index in [1.807, 2.05) is 54.4 Å². The van der Waals surface area contributed by atoms with Crippen LogP contribution in [0.25, 0.3) is 5.69 Å². The van der Waals surface area contributed by atoms with Gasteiger partial charge in [-0.05, 0) is 44.4 Å². The maximum absolute atomic E-state index is 14.0. The second-order valence-corrected chi connectivity index (χ2v) is 14.5. The maximum atomic E-state index is 14.0. The number of hydrogen-bond donors (Lipinski definition) is 4. The number of alkyl halides is 3. The Bertz CT molecular complexity index is 1930. The van der Waals surface area contributed by atoms with Gasteiger partial charge in [-0.1, -0.05) is 48.5 Å². The molecular formula is C39H45F4N7O5. The highest BCUT2D eigenvalue weighted by atomic mass is 19.4. The van der Waals surface area contributed by atoms with Crippen molar-refractivity contribution in [2.24, 2.45) is 5.92 Å². The highest BCUT2D eigenvalue weighted by Gasteiger charge is 2.42. The predicted molar refractivity (Wildman–Crippen MR) is 193 cm³/mol. The number of β-amino-alcohol motifs (C(OH)–C–C–N with tert-alkyl or cyclic N) is 1. The van der Waals surface area contributed by atoms with Crippen LogP contribution in [0, 0.1) is 11.7 Å². The number of ether oxygens (including phenoxy) is 1. The SMILES string of the molecule is CC(C)(c1ccn(-c2cncc(F)c2)n1)N1CCN(C[C@@H](O)C[C@@H](Cc2ccccc2)C(=O)N[C@H]2c3ccccc3OC[C@H]2O)[C@H](C(=O)NCC(F)(F)F)C1. The van der Waals surface area contributed by atoms with Gasteiger partial charge in [0, 0.05) is 49.9 Å². The first-order valence-electron chi connectivity index (χ1n) is 18.1. The third kappa shape index (κ3) is 9.86. The summed E-state index contributed by atoms with van der Waals surface area (Å²) in [4.78, 5) is 34.9. The largest absolute Gasteiger partial charge is 0.490 e. The number of carbonyl (C=O) groups excluding carboxylic acids is 2. The second-order valence-electron chi connectivity index (χ2n) is 14.5. The summed E-state index contributed by atoms with van der Waals surface area (Å²) in [5.41, 5.74) is 1.63. The lowest BCUT2D eigenvalue weighted by Gasteiger charge is -2.47. The van der Waals surface area contributed by atoms with E-state index < -0.39 is 66.1 Å². The van der Waals surface area contributed by atoms with E-state index in [2.05, 4.69) is 15.4 Å². The fourth-order valence-electron chi connectivity index (χ4n) is 7.23. The Balaban J connectivity index is 1.19. The lowest BCUT2D eigenvalue weighted by atomic mass is 9.90. The molecule has 2 aromatic carbocycles. The van der Waals surface area contributed by atoms with Crippen molar-refractivity contribution in [2.45, 2.75) is 62.7 Å². The number of nitrogens with zero attached hydrogens (tertiary/aromatic N) is 5.